The number of thioether (sulfide) groups is 1. The molecule has 0 radical (unpaired) electrons. The number of pyridine rings is 1. The zero-order chi connectivity index (χ0) is 17.2. The van der Waals surface area contributed by atoms with E-state index in [-0.39, 0.29) is 16.7 Å². The lowest BCUT2D eigenvalue weighted by molar-refractivity contribution is 0.426. The van der Waals surface area contributed by atoms with Gasteiger partial charge in [0, 0.05) is 42.0 Å². The standard InChI is InChI=1S/C16H16F2N2O2S2/c17-12-3-4-15(18)14(10-12)16-5-7-20(8-9-23-16)24(21,22)13-2-1-6-19-11-13/h1-4,6,10-11,16H,5,7-9H2/t16-/m0/s1. The Hall–Kier alpha value is -1.51. The van der Waals surface area contributed by atoms with Crippen LogP contribution >= 0.6 is 11.8 Å². The molecule has 1 aliphatic heterocycles. The van der Waals surface area contributed by atoms with Crippen LogP contribution in [0.5, 0.6) is 0 Å². The van der Waals surface area contributed by atoms with Gasteiger partial charge in [0.1, 0.15) is 16.5 Å². The number of benzene rings is 1. The first kappa shape index (κ1) is 17.3. The van der Waals surface area contributed by atoms with Crippen molar-refractivity contribution in [2.45, 2.75) is 16.6 Å². The average Bonchev–Trinajstić information content (AvgIpc) is 2.84. The molecule has 2 aromatic rings. The molecular weight excluding hydrogens is 354 g/mol. The van der Waals surface area contributed by atoms with Crippen LogP contribution in [-0.2, 0) is 10.0 Å². The van der Waals surface area contributed by atoms with E-state index < -0.39 is 21.7 Å². The van der Waals surface area contributed by atoms with Crippen LogP contribution in [0, 0.1) is 11.6 Å². The molecule has 3 rings (SSSR count). The lowest BCUT2D eigenvalue weighted by Crippen LogP contribution is -2.33. The summed E-state index contributed by atoms with van der Waals surface area (Å²) in [6.07, 6.45) is 3.25. The zero-order valence-electron chi connectivity index (χ0n) is 12.7. The zero-order valence-corrected chi connectivity index (χ0v) is 14.4. The van der Waals surface area contributed by atoms with Crippen LogP contribution in [0.15, 0.2) is 47.6 Å². The van der Waals surface area contributed by atoms with Gasteiger partial charge in [-0.3, -0.25) is 4.98 Å². The number of sulfonamides is 1. The van der Waals surface area contributed by atoms with Gasteiger partial charge in [-0.15, -0.1) is 0 Å². The van der Waals surface area contributed by atoms with Crippen LogP contribution in [0.4, 0.5) is 8.78 Å². The molecular formula is C16H16F2N2O2S2. The van der Waals surface area contributed by atoms with Gasteiger partial charge in [0.15, 0.2) is 0 Å². The Balaban J connectivity index is 1.79. The number of aromatic nitrogens is 1. The van der Waals surface area contributed by atoms with Gasteiger partial charge in [-0.1, -0.05) is 0 Å². The fourth-order valence-corrected chi connectivity index (χ4v) is 5.43. The first-order chi connectivity index (χ1) is 11.5. The molecule has 0 amide bonds. The fourth-order valence-electron chi connectivity index (χ4n) is 2.65. The third-order valence-electron chi connectivity index (χ3n) is 3.88. The second kappa shape index (κ2) is 7.16. The SMILES string of the molecule is O=S(=O)(c1cccnc1)N1CCS[C@H](c2cc(F)ccc2F)CC1. The molecule has 1 aromatic carbocycles. The molecule has 0 N–H and O–H groups in total. The van der Waals surface area contributed by atoms with E-state index in [0.717, 1.165) is 12.1 Å². The molecule has 2 heterocycles. The topological polar surface area (TPSA) is 50.3 Å². The first-order valence-corrected chi connectivity index (χ1v) is 9.94. The largest absolute Gasteiger partial charge is 0.263 e. The van der Waals surface area contributed by atoms with E-state index in [1.54, 1.807) is 6.07 Å². The molecule has 1 atom stereocenters. The highest BCUT2D eigenvalue weighted by molar-refractivity contribution is 7.99. The number of halogens is 2. The molecule has 1 aliphatic rings. The van der Waals surface area contributed by atoms with Crippen LogP contribution in [-0.4, -0.2) is 36.5 Å². The number of nitrogens with zero attached hydrogens (tertiary/aromatic N) is 2. The summed E-state index contributed by atoms with van der Waals surface area (Å²) in [5.74, 6) is -0.436. The molecule has 4 nitrogen and oxygen atoms in total. The second-order valence-corrected chi connectivity index (χ2v) is 8.66. The predicted octanol–water partition coefficient (Wildman–Crippen LogP) is 3.23. The Kier molecular flexibility index (Phi) is 5.17. The minimum absolute atomic E-state index is 0.144. The summed E-state index contributed by atoms with van der Waals surface area (Å²) in [5, 5.41) is -0.269. The van der Waals surface area contributed by atoms with Gasteiger partial charge in [-0.25, -0.2) is 17.2 Å². The first-order valence-electron chi connectivity index (χ1n) is 7.45. The van der Waals surface area contributed by atoms with E-state index in [0.29, 0.717) is 24.3 Å². The van der Waals surface area contributed by atoms with Crippen molar-refractivity contribution >= 4 is 21.8 Å². The Morgan fingerprint density at radius 2 is 2.04 bits per heavy atom. The van der Waals surface area contributed by atoms with Crippen molar-refractivity contribution in [3.8, 4) is 0 Å². The molecule has 1 saturated heterocycles. The third-order valence-corrected chi connectivity index (χ3v) is 7.07. The maximum absolute atomic E-state index is 14.0. The summed E-state index contributed by atoms with van der Waals surface area (Å²) in [7, 11) is -3.62. The quantitative estimate of drug-likeness (QED) is 0.832. The van der Waals surface area contributed by atoms with E-state index in [1.807, 2.05) is 0 Å². The molecule has 0 saturated carbocycles. The number of rotatable bonds is 3. The molecule has 0 bridgehead atoms. The summed E-state index contributed by atoms with van der Waals surface area (Å²) in [4.78, 5) is 3.99. The Labute approximate surface area is 144 Å². The average molecular weight is 370 g/mol. The molecule has 24 heavy (non-hydrogen) atoms. The summed E-state index contributed by atoms with van der Waals surface area (Å²) >= 11 is 1.45. The van der Waals surface area contributed by atoms with E-state index in [2.05, 4.69) is 4.98 Å². The number of hydrogen-bond acceptors (Lipinski definition) is 4. The lowest BCUT2D eigenvalue weighted by atomic mass is 10.1. The van der Waals surface area contributed by atoms with Crippen LogP contribution in [0.2, 0.25) is 0 Å². The van der Waals surface area contributed by atoms with E-state index in [9.17, 15) is 17.2 Å². The monoisotopic (exact) mass is 370 g/mol. The molecule has 0 spiro atoms. The lowest BCUT2D eigenvalue weighted by Gasteiger charge is -2.19. The van der Waals surface area contributed by atoms with Crippen LogP contribution in [0.3, 0.4) is 0 Å². The van der Waals surface area contributed by atoms with Crippen LogP contribution < -0.4 is 0 Å². The van der Waals surface area contributed by atoms with Gasteiger partial charge in [0.25, 0.3) is 0 Å². The maximum Gasteiger partial charge on any atom is 0.244 e. The van der Waals surface area contributed by atoms with E-state index >= 15 is 0 Å². The Bertz CT molecular complexity index is 816. The molecule has 0 aliphatic carbocycles. The van der Waals surface area contributed by atoms with Gasteiger partial charge in [-0.2, -0.15) is 16.1 Å². The van der Waals surface area contributed by atoms with Crippen molar-refractivity contribution in [3.05, 3.63) is 59.9 Å². The minimum atomic E-state index is -3.62. The minimum Gasteiger partial charge on any atom is -0.263 e. The summed E-state index contributed by atoms with van der Waals surface area (Å²) in [6, 6.07) is 6.46. The summed E-state index contributed by atoms with van der Waals surface area (Å²) in [6.45, 7) is 0.584. The van der Waals surface area contributed by atoms with Gasteiger partial charge >= 0.3 is 0 Å². The van der Waals surface area contributed by atoms with Crippen molar-refractivity contribution in [2.24, 2.45) is 0 Å². The highest BCUT2D eigenvalue weighted by atomic mass is 32.2. The molecule has 1 fully saturated rings. The van der Waals surface area contributed by atoms with Gasteiger partial charge in [0.05, 0.1) is 0 Å². The van der Waals surface area contributed by atoms with Crippen molar-refractivity contribution in [3.63, 3.8) is 0 Å². The van der Waals surface area contributed by atoms with Gasteiger partial charge < -0.3 is 0 Å². The molecule has 0 unspecified atom stereocenters. The van der Waals surface area contributed by atoms with Crippen molar-refractivity contribution in [1.29, 1.82) is 0 Å². The maximum atomic E-state index is 14.0. The number of hydrogen-bond donors (Lipinski definition) is 0. The normalized spacial score (nSPS) is 19.8. The fraction of sp³-hybridized carbons (Fsp3) is 0.312. The molecule has 1 aromatic heterocycles. The van der Waals surface area contributed by atoms with Crippen molar-refractivity contribution < 1.29 is 17.2 Å². The molecule has 128 valence electrons. The van der Waals surface area contributed by atoms with E-state index in [4.69, 9.17) is 0 Å². The van der Waals surface area contributed by atoms with Crippen molar-refractivity contribution in [1.82, 2.24) is 9.29 Å². The second-order valence-electron chi connectivity index (χ2n) is 5.41. The summed E-state index contributed by atoms with van der Waals surface area (Å²) in [5.41, 5.74) is 0.292. The van der Waals surface area contributed by atoms with Gasteiger partial charge in [0.2, 0.25) is 10.0 Å². The Morgan fingerprint density at radius 1 is 1.21 bits per heavy atom. The van der Waals surface area contributed by atoms with Crippen LogP contribution in [0.25, 0.3) is 0 Å². The summed E-state index contributed by atoms with van der Waals surface area (Å²) < 4.78 is 54.0. The smallest absolute Gasteiger partial charge is 0.244 e. The predicted molar refractivity (Wildman–Crippen MR) is 89.2 cm³/mol. The van der Waals surface area contributed by atoms with Crippen molar-refractivity contribution in [2.75, 3.05) is 18.8 Å². The van der Waals surface area contributed by atoms with Gasteiger partial charge in [-0.05, 0) is 36.8 Å². The highest BCUT2D eigenvalue weighted by Crippen LogP contribution is 2.37. The van der Waals surface area contributed by atoms with Crippen LogP contribution in [0.1, 0.15) is 17.2 Å². The third kappa shape index (κ3) is 3.60. The highest BCUT2D eigenvalue weighted by Gasteiger charge is 2.29. The molecule has 8 heteroatoms. The van der Waals surface area contributed by atoms with E-state index in [1.165, 1.54) is 40.6 Å². The Morgan fingerprint density at radius 3 is 2.79 bits per heavy atom.